The average molecular weight is 564 g/mol. The molecule has 0 aliphatic rings. The number of carbonyl (C=O) groups is 2. The normalized spacial score (nSPS) is 10.8. The van der Waals surface area contributed by atoms with Gasteiger partial charge in [0.25, 0.3) is 5.56 Å². The molecule has 2 aromatic heterocycles. The highest BCUT2D eigenvalue weighted by Gasteiger charge is 2.21. The van der Waals surface area contributed by atoms with Crippen LogP contribution in [0.25, 0.3) is 22.2 Å². The molecule has 208 valence electrons. The highest BCUT2D eigenvalue weighted by Crippen LogP contribution is 2.34. The maximum atomic E-state index is 13.6. The summed E-state index contributed by atoms with van der Waals surface area (Å²) in [5, 5.41) is 3.82. The number of fused-ring (bicyclic) bond motifs is 1. The first kappa shape index (κ1) is 28.6. The minimum atomic E-state index is -0.716. The number of esters is 1. The van der Waals surface area contributed by atoms with Gasteiger partial charge in [0.05, 0.1) is 25.4 Å². The summed E-state index contributed by atoms with van der Waals surface area (Å²) < 4.78 is 17.9. The van der Waals surface area contributed by atoms with E-state index in [0.717, 1.165) is 0 Å². The van der Waals surface area contributed by atoms with Crippen molar-refractivity contribution in [3.63, 3.8) is 0 Å². The van der Waals surface area contributed by atoms with Crippen molar-refractivity contribution in [1.82, 2.24) is 9.55 Å². The van der Waals surface area contributed by atoms with Gasteiger partial charge in [-0.2, -0.15) is 0 Å². The zero-order chi connectivity index (χ0) is 28.5. The van der Waals surface area contributed by atoms with Crippen LogP contribution in [0.5, 0.6) is 5.75 Å². The van der Waals surface area contributed by atoms with E-state index < -0.39 is 12.1 Å². The van der Waals surface area contributed by atoms with Crippen molar-refractivity contribution in [2.24, 2.45) is 0 Å². The summed E-state index contributed by atoms with van der Waals surface area (Å²) in [5.41, 5.74) is 1.83. The van der Waals surface area contributed by atoms with Gasteiger partial charge in [-0.25, -0.2) is 14.6 Å². The van der Waals surface area contributed by atoms with Crippen molar-refractivity contribution in [2.75, 3.05) is 25.1 Å². The van der Waals surface area contributed by atoms with E-state index >= 15 is 0 Å². The molecule has 9 nitrogen and oxygen atoms in total. The zero-order valence-electron chi connectivity index (χ0n) is 22.3. The van der Waals surface area contributed by atoms with Gasteiger partial charge in [-0.1, -0.05) is 36.7 Å². The van der Waals surface area contributed by atoms with Crippen LogP contribution in [0.1, 0.15) is 37.0 Å². The predicted molar refractivity (Wildman–Crippen MR) is 154 cm³/mol. The van der Waals surface area contributed by atoms with Crippen LogP contribution in [-0.4, -0.2) is 41.4 Å². The smallest absolute Gasteiger partial charge is 0.411 e. The van der Waals surface area contributed by atoms with Crippen molar-refractivity contribution in [3.8, 4) is 16.9 Å². The monoisotopic (exact) mass is 563 g/mol. The lowest BCUT2D eigenvalue weighted by Crippen LogP contribution is -2.28. The summed E-state index contributed by atoms with van der Waals surface area (Å²) in [7, 11) is 0. The topological polar surface area (TPSA) is 109 Å². The van der Waals surface area contributed by atoms with Gasteiger partial charge in [0.2, 0.25) is 0 Å². The Bertz CT molecular complexity index is 1570. The van der Waals surface area contributed by atoms with Crippen LogP contribution >= 0.6 is 11.6 Å². The summed E-state index contributed by atoms with van der Waals surface area (Å²) in [5.74, 6) is 0.0972. The Labute approximate surface area is 236 Å². The number of carbonyl (C=O) groups excluding carboxylic acids is 2. The Morgan fingerprint density at radius 1 is 1.00 bits per heavy atom. The second-order valence-corrected chi connectivity index (χ2v) is 9.24. The summed E-state index contributed by atoms with van der Waals surface area (Å²) in [6.07, 6.45) is 2.09. The molecule has 2 aromatic carbocycles. The number of anilines is 1. The summed E-state index contributed by atoms with van der Waals surface area (Å²) in [4.78, 5) is 42.7. The van der Waals surface area contributed by atoms with Crippen molar-refractivity contribution in [2.45, 2.75) is 33.2 Å². The third-order valence-corrected chi connectivity index (χ3v) is 6.18. The van der Waals surface area contributed by atoms with Crippen LogP contribution in [0.4, 0.5) is 10.5 Å². The second-order valence-electron chi connectivity index (χ2n) is 8.80. The van der Waals surface area contributed by atoms with Crippen molar-refractivity contribution in [3.05, 3.63) is 87.8 Å². The fourth-order valence-electron chi connectivity index (χ4n) is 4.25. The number of nitrogens with one attached hydrogen (secondary N) is 1. The SMILES string of the molecule is CCCn1c(=O)c(NC(=O)OCC)c(-c2cccc(OCCCOC(=O)c3cccc(Cl)c3)c2)c2cccnc21. The van der Waals surface area contributed by atoms with E-state index in [4.69, 9.17) is 25.8 Å². The van der Waals surface area contributed by atoms with Gasteiger partial charge in [0.15, 0.2) is 0 Å². The molecular weight excluding hydrogens is 534 g/mol. The van der Waals surface area contributed by atoms with E-state index in [1.54, 1.807) is 66.2 Å². The lowest BCUT2D eigenvalue weighted by Gasteiger charge is -2.18. The first-order chi connectivity index (χ1) is 19.4. The molecule has 0 spiro atoms. The molecule has 1 N–H and O–H groups in total. The lowest BCUT2D eigenvalue weighted by molar-refractivity contribution is 0.0486. The molecule has 0 saturated carbocycles. The number of halogens is 1. The Morgan fingerprint density at radius 3 is 2.60 bits per heavy atom. The molecule has 0 radical (unpaired) electrons. The largest absolute Gasteiger partial charge is 0.493 e. The molecule has 4 rings (SSSR count). The summed E-state index contributed by atoms with van der Waals surface area (Å²) >= 11 is 5.93. The Hall–Kier alpha value is -4.37. The highest BCUT2D eigenvalue weighted by atomic mass is 35.5. The van der Waals surface area contributed by atoms with Gasteiger partial charge >= 0.3 is 12.1 Å². The van der Waals surface area contributed by atoms with E-state index in [0.29, 0.717) is 64.5 Å². The molecule has 10 heteroatoms. The van der Waals surface area contributed by atoms with Crippen molar-refractivity contribution < 1.29 is 23.8 Å². The third kappa shape index (κ3) is 6.79. The van der Waals surface area contributed by atoms with Gasteiger partial charge in [-0.05, 0) is 61.4 Å². The Kier molecular flexibility index (Phi) is 9.75. The van der Waals surface area contributed by atoms with Gasteiger partial charge in [0.1, 0.15) is 17.1 Å². The second kappa shape index (κ2) is 13.6. The lowest BCUT2D eigenvalue weighted by atomic mass is 10.00. The number of hydrogen-bond acceptors (Lipinski definition) is 7. The molecule has 0 fully saturated rings. The minimum Gasteiger partial charge on any atom is -0.493 e. The van der Waals surface area contributed by atoms with E-state index in [1.807, 2.05) is 19.1 Å². The van der Waals surface area contributed by atoms with Crippen LogP contribution in [0.15, 0.2) is 71.7 Å². The Balaban J connectivity index is 1.56. The number of pyridine rings is 2. The molecule has 0 aliphatic heterocycles. The van der Waals surface area contributed by atoms with E-state index in [2.05, 4.69) is 10.3 Å². The predicted octanol–water partition coefficient (Wildman–Crippen LogP) is 6.32. The van der Waals surface area contributed by atoms with Crippen molar-refractivity contribution in [1.29, 1.82) is 0 Å². The number of hydrogen-bond donors (Lipinski definition) is 1. The first-order valence-corrected chi connectivity index (χ1v) is 13.4. The molecule has 0 bridgehead atoms. The fraction of sp³-hybridized carbons (Fsp3) is 0.267. The highest BCUT2D eigenvalue weighted by molar-refractivity contribution is 6.30. The third-order valence-electron chi connectivity index (χ3n) is 5.94. The molecule has 0 aliphatic carbocycles. The first-order valence-electron chi connectivity index (χ1n) is 13.0. The number of rotatable bonds is 11. The summed E-state index contributed by atoms with van der Waals surface area (Å²) in [6, 6.07) is 17.4. The molecule has 40 heavy (non-hydrogen) atoms. The quantitative estimate of drug-likeness (QED) is 0.168. The molecule has 4 aromatic rings. The van der Waals surface area contributed by atoms with Crippen LogP contribution in [0.3, 0.4) is 0 Å². The fourth-order valence-corrected chi connectivity index (χ4v) is 4.44. The van der Waals surface area contributed by atoms with E-state index in [1.165, 1.54) is 0 Å². The maximum Gasteiger partial charge on any atom is 0.411 e. The van der Waals surface area contributed by atoms with Gasteiger partial charge < -0.3 is 14.2 Å². The van der Waals surface area contributed by atoms with Crippen LogP contribution in [0.2, 0.25) is 5.02 Å². The molecule has 0 saturated heterocycles. The molecule has 0 atom stereocenters. The molecule has 1 amide bonds. The zero-order valence-corrected chi connectivity index (χ0v) is 23.1. The number of ether oxygens (including phenoxy) is 3. The molecule has 0 unspecified atom stereocenters. The molecular formula is C30H30ClN3O6. The van der Waals surface area contributed by atoms with Gasteiger partial charge in [-0.15, -0.1) is 0 Å². The maximum absolute atomic E-state index is 13.6. The van der Waals surface area contributed by atoms with Crippen LogP contribution in [0, 0.1) is 0 Å². The molecule has 2 heterocycles. The minimum absolute atomic E-state index is 0.109. The van der Waals surface area contributed by atoms with Crippen LogP contribution in [-0.2, 0) is 16.0 Å². The van der Waals surface area contributed by atoms with Crippen LogP contribution < -0.4 is 15.6 Å². The summed E-state index contributed by atoms with van der Waals surface area (Å²) in [6.45, 7) is 4.73. The standard InChI is InChI=1S/C30H30ClN3O6/c1-3-15-34-27-24(13-7-14-32-27)25(26(28(34)35)33-30(37)38-4-2)20-9-6-12-23(19-20)39-16-8-17-40-29(36)21-10-5-11-22(31)18-21/h5-7,9-14,18-19H,3-4,8,15-17H2,1-2H3,(H,33,37). The number of benzene rings is 2. The number of nitrogens with zero attached hydrogens (tertiary/aromatic N) is 2. The van der Waals surface area contributed by atoms with Gasteiger partial charge in [-0.3, -0.25) is 14.7 Å². The average Bonchev–Trinajstić information content (AvgIpc) is 2.95. The van der Waals surface area contributed by atoms with Gasteiger partial charge in [0, 0.05) is 35.1 Å². The van der Waals surface area contributed by atoms with E-state index in [-0.39, 0.29) is 24.5 Å². The number of amides is 1. The van der Waals surface area contributed by atoms with E-state index in [9.17, 15) is 14.4 Å². The van der Waals surface area contributed by atoms with Crippen molar-refractivity contribution >= 4 is 40.4 Å². The Morgan fingerprint density at radius 2 is 1.82 bits per heavy atom. The number of aromatic nitrogens is 2. The number of aryl methyl sites for hydroxylation is 1.